The van der Waals surface area contributed by atoms with Gasteiger partial charge in [0.1, 0.15) is 0 Å². The van der Waals surface area contributed by atoms with Crippen molar-refractivity contribution >= 4 is 10.8 Å². The molecule has 0 aliphatic rings. The zero-order valence-corrected chi connectivity index (χ0v) is 14.0. The molecule has 22 heavy (non-hydrogen) atoms. The largest absolute Gasteiger partial charge is 0.316 e. The maximum absolute atomic E-state index is 3.26. The first-order valence-electron chi connectivity index (χ1n) is 7.83. The monoisotopic (exact) mass is 291 g/mol. The second-order valence-corrected chi connectivity index (χ2v) is 6.59. The van der Waals surface area contributed by atoms with E-state index >= 15 is 0 Å². The summed E-state index contributed by atoms with van der Waals surface area (Å²) in [4.78, 5) is 0. The normalized spacial score (nSPS) is 11.6. The second-order valence-electron chi connectivity index (χ2n) is 6.59. The molecule has 0 saturated heterocycles. The van der Waals surface area contributed by atoms with Crippen LogP contribution in [0.2, 0.25) is 0 Å². The van der Waals surface area contributed by atoms with E-state index in [9.17, 15) is 0 Å². The summed E-state index contributed by atoms with van der Waals surface area (Å²) in [5.74, 6) is 6.37. The van der Waals surface area contributed by atoms with Crippen LogP contribution in [-0.4, -0.2) is 7.05 Å². The fourth-order valence-corrected chi connectivity index (χ4v) is 2.51. The van der Waals surface area contributed by atoms with E-state index in [0.717, 1.165) is 13.0 Å². The lowest BCUT2D eigenvalue weighted by Gasteiger charge is -2.10. The number of rotatable bonds is 4. The molecule has 0 bridgehead atoms. The topological polar surface area (TPSA) is 12.0 Å². The minimum absolute atomic E-state index is 0.0593. The highest BCUT2D eigenvalue weighted by Crippen LogP contribution is 2.24. The van der Waals surface area contributed by atoms with Gasteiger partial charge in [-0.25, -0.2) is 0 Å². The SMILES string of the molecule is CNCc1cccc2cccc(CC=CC#CC(C)(C)C)c12. The molecule has 0 aromatic heterocycles. The quantitative estimate of drug-likeness (QED) is 0.805. The van der Waals surface area contributed by atoms with E-state index in [-0.39, 0.29) is 5.41 Å². The van der Waals surface area contributed by atoms with Gasteiger partial charge in [0.05, 0.1) is 0 Å². The van der Waals surface area contributed by atoms with Gasteiger partial charge in [0.15, 0.2) is 0 Å². The lowest BCUT2D eigenvalue weighted by Crippen LogP contribution is -2.06. The van der Waals surface area contributed by atoms with Crippen LogP contribution in [-0.2, 0) is 13.0 Å². The van der Waals surface area contributed by atoms with Gasteiger partial charge in [-0.2, -0.15) is 0 Å². The first-order valence-corrected chi connectivity index (χ1v) is 7.83. The molecule has 0 aliphatic carbocycles. The molecule has 2 aromatic rings. The van der Waals surface area contributed by atoms with Crippen LogP contribution < -0.4 is 5.32 Å². The van der Waals surface area contributed by atoms with Gasteiger partial charge in [0.2, 0.25) is 0 Å². The minimum Gasteiger partial charge on any atom is -0.316 e. The highest BCUT2D eigenvalue weighted by Gasteiger charge is 2.05. The summed E-state index contributed by atoms with van der Waals surface area (Å²) in [5, 5.41) is 5.93. The van der Waals surface area contributed by atoms with Gasteiger partial charge >= 0.3 is 0 Å². The van der Waals surface area contributed by atoms with E-state index in [1.165, 1.54) is 21.9 Å². The standard InChI is InChI=1S/C21H25N/c1-21(2,3)15-7-5-6-10-17-11-8-12-18-13-9-14-19(16-22-4)20(17)18/h5-6,8-9,11-14,22H,10,16H2,1-4H3. The molecule has 0 aliphatic heterocycles. The van der Waals surface area contributed by atoms with Crippen LogP contribution in [0.3, 0.4) is 0 Å². The third kappa shape index (κ3) is 4.48. The first-order chi connectivity index (χ1) is 10.5. The molecule has 0 unspecified atom stereocenters. The predicted octanol–water partition coefficient (Wildman–Crippen LogP) is 4.71. The average molecular weight is 291 g/mol. The van der Waals surface area contributed by atoms with Crippen molar-refractivity contribution in [2.75, 3.05) is 7.05 Å². The molecular formula is C21H25N. The molecule has 0 spiro atoms. The summed E-state index contributed by atoms with van der Waals surface area (Å²) < 4.78 is 0. The summed E-state index contributed by atoms with van der Waals surface area (Å²) in [6.07, 6.45) is 5.05. The molecule has 0 fully saturated rings. The summed E-state index contributed by atoms with van der Waals surface area (Å²) >= 11 is 0. The van der Waals surface area contributed by atoms with Crippen molar-refractivity contribution in [3.63, 3.8) is 0 Å². The third-order valence-corrected chi connectivity index (χ3v) is 3.43. The Kier molecular flexibility index (Phi) is 5.41. The zero-order valence-electron chi connectivity index (χ0n) is 14.0. The number of allylic oxidation sites excluding steroid dienone is 2. The van der Waals surface area contributed by atoms with Crippen LogP contribution in [0.4, 0.5) is 0 Å². The zero-order chi connectivity index (χ0) is 16.0. The van der Waals surface area contributed by atoms with Crippen molar-refractivity contribution < 1.29 is 0 Å². The minimum atomic E-state index is 0.0593. The molecule has 1 nitrogen and oxygen atoms in total. The Hall–Kier alpha value is -2.04. The third-order valence-electron chi connectivity index (χ3n) is 3.43. The van der Waals surface area contributed by atoms with Gasteiger partial charge in [-0.3, -0.25) is 0 Å². The number of benzene rings is 2. The summed E-state index contributed by atoms with van der Waals surface area (Å²) in [6.45, 7) is 7.27. The highest BCUT2D eigenvalue weighted by molar-refractivity contribution is 5.89. The molecule has 1 N–H and O–H groups in total. The number of nitrogens with one attached hydrogen (secondary N) is 1. The summed E-state index contributed by atoms with van der Waals surface area (Å²) in [6, 6.07) is 13.0. The summed E-state index contributed by atoms with van der Waals surface area (Å²) in [7, 11) is 1.99. The van der Waals surface area contributed by atoms with Crippen LogP contribution in [0.5, 0.6) is 0 Å². The average Bonchev–Trinajstić information content (AvgIpc) is 2.46. The van der Waals surface area contributed by atoms with Crippen molar-refractivity contribution in [3.8, 4) is 11.8 Å². The van der Waals surface area contributed by atoms with Gasteiger partial charge in [0, 0.05) is 12.0 Å². The molecule has 1 heteroatoms. The number of hydrogen-bond donors (Lipinski definition) is 1. The Morgan fingerprint density at radius 3 is 2.36 bits per heavy atom. The fourth-order valence-electron chi connectivity index (χ4n) is 2.51. The maximum atomic E-state index is 3.26. The number of fused-ring (bicyclic) bond motifs is 1. The van der Waals surface area contributed by atoms with Crippen LogP contribution in [0.1, 0.15) is 31.9 Å². The maximum Gasteiger partial charge on any atom is 0.0233 e. The van der Waals surface area contributed by atoms with E-state index < -0.39 is 0 Å². The Morgan fingerprint density at radius 2 is 1.73 bits per heavy atom. The van der Waals surface area contributed by atoms with Gasteiger partial charge < -0.3 is 5.32 Å². The lowest BCUT2D eigenvalue weighted by molar-refractivity contribution is 0.571. The van der Waals surface area contributed by atoms with Crippen LogP contribution >= 0.6 is 0 Å². The molecule has 0 heterocycles. The smallest absolute Gasteiger partial charge is 0.0233 e. The van der Waals surface area contributed by atoms with Gasteiger partial charge in [-0.1, -0.05) is 54.3 Å². The summed E-state index contributed by atoms with van der Waals surface area (Å²) in [5.41, 5.74) is 2.77. The lowest BCUT2D eigenvalue weighted by atomic mass is 9.97. The molecule has 2 aromatic carbocycles. The highest BCUT2D eigenvalue weighted by atomic mass is 14.8. The Morgan fingerprint density at radius 1 is 1.05 bits per heavy atom. The molecule has 114 valence electrons. The Bertz CT molecular complexity index is 716. The Balaban J connectivity index is 2.27. The van der Waals surface area contributed by atoms with Crippen molar-refractivity contribution in [2.45, 2.75) is 33.7 Å². The van der Waals surface area contributed by atoms with E-state index in [1.54, 1.807) is 0 Å². The van der Waals surface area contributed by atoms with Crippen molar-refractivity contribution in [2.24, 2.45) is 5.41 Å². The van der Waals surface area contributed by atoms with E-state index in [1.807, 2.05) is 13.1 Å². The second kappa shape index (κ2) is 7.29. The molecule has 2 rings (SSSR count). The molecule has 0 atom stereocenters. The fraction of sp³-hybridized carbons (Fsp3) is 0.333. The Labute approximate surface area is 134 Å². The van der Waals surface area contributed by atoms with Crippen molar-refractivity contribution in [1.82, 2.24) is 5.32 Å². The van der Waals surface area contributed by atoms with Crippen LogP contribution in [0.15, 0.2) is 48.6 Å². The predicted molar refractivity (Wildman–Crippen MR) is 96.8 cm³/mol. The van der Waals surface area contributed by atoms with E-state index in [2.05, 4.69) is 80.4 Å². The molecule has 0 saturated carbocycles. The van der Waals surface area contributed by atoms with Gasteiger partial charge in [-0.15, -0.1) is 0 Å². The molecule has 0 radical (unpaired) electrons. The van der Waals surface area contributed by atoms with Crippen LogP contribution in [0.25, 0.3) is 10.8 Å². The van der Waals surface area contributed by atoms with Crippen molar-refractivity contribution in [3.05, 3.63) is 59.7 Å². The van der Waals surface area contributed by atoms with Crippen molar-refractivity contribution in [1.29, 1.82) is 0 Å². The van der Waals surface area contributed by atoms with E-state index in [0.29, 0.717) is 0 Å². The molecule has 0 amide bonds. The molecular weight excluding hydrogens is 266 g/mol. The van der Waals surface area contributed by atoms with Gasteiger partial charge in [-0.05, 0) is 62.2 Å². The van der Waals surface area contributed by atoms with Crippen LogP contribution in [0, 0.1) is 17.3 Å². The van der Waals surface area contributed by atoms with E-state index in [4.69, 9.17) is 0 Å². The number of hydrogen-bond acceptors (Lipinski definition) is 1. The van der Waals surface area contributed by atoms with Gasteiger partial charge in [0.25, 0.3) is 0 Å². The first kappa shape index (κ1) is 16.3.